The lowest BCUT2D eigenvalue weighted by Gasteiger charge is -2.28. The van der Waals surface area contributed by atoms with Crippen molar-refractivity contribution in [2.24, 2.45) is 0 Å². The Kier molecular flexibility index (Phi) is 11.8. The van der Waals surface area contributed by atoms with Gasteiger partial charge >= 0.3 is 18.2 Å². The Hall–Kier alpha value is -4.07. The van der Waals surface area contributed by atoms with Crippen molar-refractivity contribution in [1.82, 2.24) is 25.1 Å². The summed E-state index contributed by atoms with van der Waals surface area (Å²) in [6, 6.07) is 12.3. The van der Waals surface area contributed by atoms with Crippen LogP contribution >= 0.6 is 0 Å². The van der Waals surface area contributed by atoms with Gasteiger partial charge in [-0.2, -0.15) is 23.6 Å². The number of carbonyl (C=O) groups is 2. The monoisotopic (exact) mass is 644 g/mol. The third-order valence-electron chi connectivity index (χ3n) is 5.86. The number of hydrogen-bond acceptors (Lipinski definition) is 11. The molecule has 0 aliphatic carbocycles. The van der Waals surface area contributed by atoms with Crippen LogP contribution in [-0.2, 0) is 35.3 Å². The van der Waals surface area contributed by atoms with E-state index in [2.05, 4.69) is 5.10 Å². The number of rotatable bonds is 14. The SMILES string of the molecule is CCCC(=O)OCON[NH+]([O-])N(C)CCOC(=O)NS(=O)(=O)c1ccc(-n2nc(C(F)(F)F)cc2-c2ccc(C)cc2)cc1. The van der Waals surface area contributed by atoms with Crippen LogP contribution in [0.15, 0.2) is 59.5 Å². The van der Waals surface area contributed by atoms with Gasteiger partial charge in [-0.15, -0.1) is 5.01 Å². The molecule has 0 spiro atoms. The number of halogens is 3. The highest BCUT2D eigenvalue weighted by atomic mass is 32.2. The maximum Gasteiger partial charge on any atom is 0.435 e. The van der Waals surface area contributed by atoms with Crippen molar-refractivity contribution in [2.45, 2.75) is 37.8 Å². The summed E-state index contributed by atoms with van der Waals surface area (Å²) < 4.78 is 78.0. The molecule has 240 valence electrons. The zero-order valence-electron chi connectivity index (χ0n) is 23.9. The van der Waals surface area contributed by atoms with E-state index in [0.29, 0.717) is 12.0 Å². The van der Waals surface area contributed by atoms with Gasteiger partial charge < -0.3 is 14.7 Å². The fourth-order valence-electron chi connectivity index (χ4n) is 3.53. The number of likely N-dealkylation sites (N-methyl/N-ethyl adjacent to an activating group) is 1. The highest BCUT2D eigenvalue weighted by Gasteiger charge is 2.35. The molecule has 44 heavy (non-hydrogen) atoms. The number of esters is 1. The van der Waals surface area contributed by atoms with Gasteiger partial charge in [0.15, 0.2) is 5.69 Å². The second-order valence-electron chi connectivity index (χ2n) is 9.28. The van der Waals surface area contributed by atoms with Crippen molar-refractivity contribution >= 4 is 22.1 Å². The first-order chi connectivity index (χ1) is 20.7. The lowest BCUT2D eigenvalue weighted by atomic mass is 10.1. The quantitative estimate of drug-likeness (QED) is 0.102. The predicted octanol–water partition coefficient (Wildman–Crippen LogP) is 2.25. The van der Waals surface area contributed by atoms with E-state index in [9.17, 15) is 36.4 Å². The van der Waals surface area contributed by atoms with Crippen molar-refractivity contribution in [3.63, 3.8) is 0 Å². The second kappa shape index (κ2) is 15.1. The summed E-state index contributed by atoms with van der Waals surface area (Å²) in [6.45, 7) is 2.58. The molecule has 3 aromatic rings. The molecule has 14 nitrogen and oxygen atoms in total. The van der Waals surface area contributed by atoms with Crippen LogP contribution in [-0.4, -0.2) is 62.3 Å². The molecular formula is C26H31F3N6O8S. The zero-order valence-corrected chi connectivity index (χ0v) is 24.7. The normalized spacial score (nSPS) is 12.6. The summed E-state index contributed by atoms with van der Waals surface area (Å²) >= 11 is 0. The van der Waals surface area contributed by atoms with Crippen LogP contribution in [0.2, 0.25) is 0 Å². The number of hydrogen-bond donors (Lipinski definition) is 3. The molecule has 1 aromatic heterocycles. The average molecular weight is 645 g/mol. The molecule has 0 radical (unpaired) electrons. The molecule has 2 aromatic carbocycles. The summed E-state index contributed by atoms with van der Waals surface area (Å²) in [5.74, 6) is -0.495. The van der Waals surface area contributed by atoms with Crippen molar-refractivity contribution < 1.29 is 50.8 Å². The molecule has 1 atom stereocenters. The Morgan fingerprint density at radius 1 is 1.09 bits per heavy atom. The van der Waals surface area contributed by atoms with Crippen LogP contribution in [0.25, 0.3) is 16.9 Å². The van der Waals surface area contributed by atoms with Gasteiger partial charge in [0.1, 0.15) is 6.61 Å². The summed E-state index contributed by atoms with van der Waals surface area (Å²) in [6.07, 6.45) is -5.25. The minimum absolute atomic E-state index is 0.134. The van der Waals surface area contributed by atoms with Crippen LogP contribution in [0.1, 0.15) is 31.0 Å². The van der Waals surface area contributed by atoms with Crippen LogP contribution in [0.5, 0.6) is 0 Å². The van der Waals surface area contributed by atoms with Gasteiger partial charge in [0, 0.05) is 19.0 Å². The average Bonchev–Trinajstić information content (AvgIpc) is 3.42. The Labute approximate surface area is 250 Å². The highest BCUT2D eigenvalue weighted by molar-refractivity contribution is 7.90. The molecule has 1 unspecified atom stereocenters. The molecule has 1 heterocycles. The molecular weight excluding hydrogens is 613 g/mol. The topological polar surface area (TPSA) is 169 Å². The minimum Gasteiger partial charge on any atom is -0.591 e. The number of quaternary nitrogens is 1. The number of carbonyl (C=O) groups excluding carboxylic acids is 2. The Bertz CT molecular complexity index is 1520. The molecule has 18 heteroatoms. The van der Waals surface area contributed by atoms with Gasteiger partial charge in [0.25, 0.3) is 10.0 Å². The maximum atomic E-state index is 13.4. The third kappa shape index (κ3) is 9.73. The number of nitrogens with one attached hydrogen (secondary N) is 3. The van der Waals surface area contributed by atoms with Gasteiger partial charge in [-0.1, -0.05) is 36.8 Å². The molecule has 0 saturated carbocycles. The summed E-state index contributed by atoms with van der Waals surface area (Å²) in [4.78, 5) is 27.7. The number of nitrogens with zero attached hydrogens (tertiary/aromatic N) is 3. The van der Waals surface area contributed by atoms with Crippen LogP contribution in [0, 0.1) is 12.1 Å². The number of aryl methyl sites for hydroxylation is 1. The van der Waals surface area contributed by atoms with Gasteiger partial charge in [-0.3, -0.25) is 4.79 Å². The number of sulfonamides is 1. The Morgan fingerprint density at radius 3 is 2.36 bits per heavy atom. The van der Waals surface area contributed by atoms with E-state index in [0.717, 1.165) is 33.5 Å². The van der Waals surface area contributed by atoms with E-state index < -0.39 is 52.6 Å². The largest absolute Gasteiger partial charge is 0.591 e. The first-order valence-corrected chi connectivity index (χ1v) is 14.5. The molecule has 1 amide bonds. The molecule has 0 bridgehead atoms. The fraction of sp³-hybridized carbons (Fsp3) is 0.346. The lowest BCUT2D eigenvalue weighted by molar-refractivity contribution is -1.03. The van der Waals surface area contributed by atoms with Gasteiger partial charge in [-0.05, 0) is 49.3 Å². The molecule has 0 aliphatic rings. The zero-order chi connectivity index (χ0) is 32.5. The summed E-state index contributed by atoms with van der Waals surface area (Å²) in [5.41, 5.74) is 2.53. The van der Waals surface area contributed by atoms with E-state index >= 15 is 0 Å². The van der Waals surface area contributed by atoms with Gasteiger partial charge in [0.05, 0.1) is 22.8 Å². The van der Waals surface area contributed by atoms with E-state index in [-0.39, 0.29) is 29.2 Å². The van der Waals surface area contributed by atoms with Crippen molar-refractivity contribution in [3.8, 4) is 16.9 Å². The molecule has 0 fully saturated rings. The first-order valence-electron chi connectivity index (χ1n) is 13.0. The van der Waals surface area contributed by atoms with Gasteiger partial charge in [0.2, 0.25) is 6.79 Å². The number of benzene rings is 2. The Morgan fingerprint density at radius 2 is 1.75 bits per heavy atom. The van der Waals surface area contributed by atoms with Crippen LogP contribution in [0.3, 0.4) is 0 Å². The summed E-state index contributed by atoms with van der Waals surface area (Å²) in [5, 5.41) is 15.9. The van der Waals surface area contributed by atoms with E-state index in [1.165, 1.54) is 19.2 Å². The minimum atomic E-state index is -4.71. The fourth-order valence-corrected chi connectivity index (χ4v) is 4.42. The number of alkyl halides is 3. The maximum absolute atomic E-state index is 13.4. The number of aromatic nitrogens is 2. The van der Waals surface area contributed by atoms with Gasteiger partial charge in [-0.25, -0.2) is 27.5 Å². The van der Waals surface area contributed by atoms with Crippen molar-refractivity contribution in [1.29, 1.82) is 0 Å². The van der Waals surface area contributed by atoms with Crippen molar-refractivity contribution in [3.05, 3.63) is 71.1 Å². The molecule has 0 saturated heterocycles. The Balaban J connectivity index is 1.57. The second-order valence-corrected chi connectivity index (χ2v) is 11.0. The number of ether oxygens (including phenoxy) is 2. The molecule has 3 rings (SSSR count). The standard InChI is InChI=1S/C26H31F3N6O8S/c1-4-5-24(36)42-17-43-32-35(38)33(3)14-15-41-25(37)31-44(39,40)21-12-10-20(11-13-21)34-22(16-23(30-34)26(27,28)29)19-8-6-18(2)7-9-19/h6-13,16,32,35H,4-5,14-15,17H2,1-3H3,(H,31,37). The third-order valence-corrected chi connectivity index (χ3v) is 7.18. The van der Waals surface area contributed by atoms with E-state index in [1.54, 1.807) is 35.9 Å². The summed E-state index contributed by atoms with van der Waals surface area (Å²) in [7, 11) is -3.09. The van der Waals surface area contributed by atoms with Crippen molar-refractivity contribution in [2.75, 3.05) is 27.0 Å². The van der Waals surface area contributed by atoms with E-state index in [1.807, 2.05) is 12.5 Å². The first kappa shape index (κ1) is 34.4. The lowest BCUT2D eigenvalue weighted by Crippen LogP contribution is -3.19. The number of amides is 1. The highest BCUT2D eigenvalue weighted by Crippen LogP contribution is 2.33. The van der Waals surface area contributed by atoms with Crippen LogP contribution in [0.4, 0.5) is 18.0 Å². The smallest absolute Gasteiger partial charge is 0.435 e. The van der Waals surface area contributed by atoms with Crippen LogP contribution < -0.4 is 15.6 Å². The van der Waals surface area contributed by atoms with E-state index in [4.69, 9.17) is 14.3 Å². The predicted molar refractivity (Wildman–Crippen MR) is 147 cm³/mol. The molecule has 3 N–H and O–H groups in total. The molecule has 0 aliphatic heterocycles.